The second-order valence-electron chi connectivity index (χ2n) is 3.68. The first kappa shape index (κ1) is 11.1. The molecule has 0 saturated heterocycles. The first-order chi connectivity index (χ1) is 6.66. The minimum atomic E-state index is -0.603. The van der Waals surface area contributed by atoms with E-state index in [0.717, 1.165) is 5.56 Å². The van der Waals surface area contributed by atoms with Crippen LogP contribution in [0.15, 0.2) is 24.5 Å². The summed E-state index contributed by atoms with van der Waals surface area (Å²) in [6.07, 6.45) is 2.57. The van der Waals surface area contributed by atoms with Crippen molar-refractivity contribution in [3.8, 4) is 0 Å². The SMILES string of the molecule is COC(C(C)C)C(O)c1cccnc1. The molecule has 0 aliphatic rings. The van der Waals surface area contributed by atoms with Gasteiger partial charge in [-0.25, -0.2) is 0 Å². The fourth-order valence-corrected chi connectivity index (χ4v) is 1.51. The van der Waals surface area contributed by atoms with Gasteiger partial charge < -0.3 is 9.84 Å². The molecular formula is C11H17NO2. The van der Waals surface area contributed by atoms with Gasteiger partial charge in [0.1, 0.15) is 6.10 Å². The van der Waals surface area contributed by atoms with Crippen molar-refractivity contribution in [3.05, 3.63) is 30.1 Å². The first-order valence-corrected chi connectivity index (χ1v) is 4.77. The summed E-state index contributed by atoms with van der Waals surface area (Å²) in [5, 5.41) is 9.99. The average Bonchev–Trinajstić information content (AvgIpc) is 2.19. The molecule has 1 aromatic rings. The second-order valence-corrected chi connectivity index (χ2v) is 3.68. The molecule has 3 heteroatoms. The molecule has 0 aromatic carbocycles. The van der Waals surface area contributed by atoms with Crippen molar-refractivity contribution in [2.24, 2.45) is 5.92 Å². The van der Waals surface area contributed by atoms with Crippen LogP contribution in [0.25, 0.3) is 0 Å². The van der Waals surface area contributed by atoms with Crippen LogP contribution in [0.3, 0.4) is 0 Å². The standard InChI is InChI=1S/C11H17NO2/c1-8(2)11(14-3)10(13)9-5-4-6-12-7-9/h4-8,10-11,13H,1-3H3. The maximum atomic E-state index is 9.99. The molecule has 1 rings (SSSR count). The minimum Gasteiger partial charge on any atom is -0.386 e. The number of aliphatic hydroxyl groups is 1. The van der Waals surface area contributed by atoms with E-state index in [2.05, 4.69) is 4.98 Å². The molecule has 78 valence electrons. The molecule has 1 N–H and O–H groups in total. The Morgan fingerprint density at radius 1 is 1.43 bits per heavy atom. The number of rotatable bonds is 4. The highest BCUT2D eigenvalue weighted by Gasteiger charge is 2.23. The van der Waals surface area contributed by atoms with Crippen molar-refractivity contribution in [1.82, 2.24) is 4.98 Å². The highest BCUT2D eigenvalue weighted by atomic mass is 16.5. The number of hydrogen-bond donors (Lipinski definition) is 1. The normalized spacial score (nSPS) is 15.5. The Kier molecular flexibility index (Phi) is 4.04. The van der Waals surface area contributed by atoms with E-state index in [4.69, 9.17) is 4.74 Å². The Balaban J connectivity index is 2.78. The molecule has 0 aliphatic carbocycles. The van der Waals surface area contributed by atoms with Crippen molar-refractivity contribution in [3.63, 3.8) is 0 Å². The van der Waals surface area contributed by atoms with E-state index in [1.165, 1.54) is 0 Å². The van der Waals surface area contributed by atoms with Crippen LogP contribution in [0.1, 0.15) is 25.5 Å². The minimum absolute atomic E-state index is 0.181. The van der Waals surface area contributed by atoms with Crippen LogP contribution in [0.2, 0.25) is 0 Å². The zero-order chi connectivity index (χ0) is 10.6. The monoisotopic (exact) mass is 195 g/mol. The van der Waals surface area contributed by atoms with E-state index in [9.17, 15) is 5.11 Å². The van der Waals surface area contributed by atoms with E-state index in [1.807, 2.05) is 26.0 Å². The van der Waals surface area contributed by atoms with Gasteiger partial charge >= 0.3 is 0 Å². The summed E-state index contributed by atoms with van der Waals surface area (Å²) in [5.41, 5.74) is 0.799. The lowest BCUT2D eigenvalue weighted by Gasteiger charge is -2.24. The lowest BCUT2D eigenvalue weighted by atomic mass is 9.97. The number of nitrogens with zero attached hydrogens (tertiary/aromatic N) is 1. The van der Waals surface area contributed by atoms with Gasteiger partial charge in [0.15, 0.2) is 0 Å². The molecule has 3 nitrogen and oxygen atoms in total. The highest BCUT2D eigenvalue weighted by molar-refractivity contribution is 5.13. The quantitative estimate of drug-likeness (QED) is 0.796. The summed E-state index contributed by atoms with van der Waals surface area (Å²) in [7, 11) is 1.62. The zero-order valence-corrected chi connectivity index (χ0v) is 8.84. The van der Waals surface area contributed by atoms with Gasteiger partial charge in [-0.05, 0) is 12.0 Å². The molecule has 1 aromatic heterocycles. The molecule has 0 saturated carbocycles. The van der Waals surface area contributed by atoms with Crippen LogP contribution in [0.4, 0.5) is 0 Å². The van der Waals surface area contributed by atoms with E-state index < -0.39 is 6.10 Å². The summed E-state index contributed by atoms with van der Waals surface area (Å²) in [6, 6.07) is 3.66. The predicted octanol–water partition coefficient (Wildman–Crippen LogP) is 1.79. The summed E-state index contributed by atoms with van der Waals surface area (Å²) >= 11 is 0. The molecule has 1 heterocycles. The summed E-state index contributed by atoms with van der Waals surface area (Å²) < 4.78 is 5.25. The average molecular weight is 195 g/mol. The third-order valence-corrected chi connectivity index (χ3v) is 2.27. The van der Waals surface area contributed by atoms with Crippen LogP contribution < -0.4 is 0 Å². The number of ether oxygens (including phenoxy) is 1. The summed E-state index contributed by atoms with van der Waals surface area (Å²) in [4.78, 5) is 3.97. The maximum Gasteiger partial charge on any atom is 0.107 e. The summed E-state index contributed by atoms with van der Waals surface area (Å²) in [5.74, 6) is 0.273. The Morgan fingerprint density at radius 3 is 2.57 bits per heavy atom. The topological polar surface area (TPSA) is 42.4 Å². The smallest absolute Gasteiger partial charge is 0.107 e. The van der Waals surface area contributed by atoms with Crippen LogP contribution in [-0.4, -0.2) is 23.3 Å². The fraction of sp³-hybridized carbons (Fsp3) is 0.545. The Bertz CT molecular complexity index is 261. The number of aromatic nitrogens is 1. The van der Waals surface area contributed by atoms with Gasteiger partial charge in [0, 0.05) is 25.1 Å². The lowest BCUT2D eigenvalue weighted by molar-refractivity contribution is -0.0392. The number of methoxy groups -OCH3 is 1. The molecule has 2 unspecified atom stereocenters. The molecule has 0 amide bonds. The predicted molar refractivity (Wildman–Crippen MR) is 54.8 cm³/mol. The van der Waals surface area contributed by atoms with Gasteiger partial charge in [-0.15, -0.1) is 0 Å². The largest absolute Gasteiger partial charge is 0.386 e. The van der Waals surface area contributed by atoms with Crippen molar-refractivity contribution in [1.29, 1.82) is 0 Å². The highest BCUT2D eigenvalue weighted by Crippen LogP contribution is 2.23. The van der Waals surface area contributed by atoms with Crippen molar-refractivity contribution < 1.29 is 9.84 Å². The molecule has 2 atom stereocenters. The van der Waals surface area contributed by atoms with Crippen LogP contribution in [0.5, 0.6) is 0 Å². The molecule has 14 heavy (non-hydrogen) atoms. The number of pyridine rings is 1. The Hall–Kier alpha value is -0.930. The van der Waals surface area contributed by atoms with Crippen LogP contribution in [0, 0.1) is 5.92 Å². The van der Waals surface area contributed by atoms with Gasteiger partial charge in [-0.2, -0.15) is 0 Å². The molecule has 0 fully saturated rings. The Morgan fingerprint density at radius 2 is 2.14 bits per heavy atom. The van der Waals surface area contributed by atoms with Gasteiger partial charge in [0.2, 0.25) is 0 Å². The molecule has 0 aliphatic heterocycles. The van der Waals surface area contributed by atoms with Crippen LogP contribution in [-0.2, 0) is 4.74 Å². The third kappa shape index (κ3) is 2.53. The molecular weight excluding hydrogens is 178 g/mol. The Labute approximate surface area is 84.7 Å². The van der Waals surface area contributed by atoms with Crippen LogP contribution >= 0.6 is 0 Å². The van der Waals surface area contributed by atoms with Gasteiger partial charge in [0.25, 0.3) is 0 Å². The zero-order valence-electron chi connectivity index (χ0n) is 8.84. The van der Waals surface area contributed by atoms with Crippen molar-refractivity contribution in [2.75, 3.05) is 7.11 Å². The number of hydrogen-bond acceptors (Lipinski definition) is 3. The second kappa shape index (κ2) is 5.08. The molecule has 0 radical (unpaired) electrons. The van der Waals surface area contributed by atoms with Gasteiger partial charge in [0.05, 0.1) is 6.10 Å². The van der Waals surface area contributed by atoms with E-state index in [0.29, 0.717) is 0 Å². The van der Waals surface area contributed by atoms with E-state index in [-0.39, 0.29) is 12.0 Å². The van der Waals surface area contributed by atoms with E-state index in [1.54, 1.807) is 19.5 Å². The fourth-order valence-electron chi connectivity index (χ4n) is 1.51. The molecule has 0 bridgehead atoms. The van der Waals surface area contributed by atoms with Crippen molar-refractivity contribution >= 4 is 0 Å². The third-order valence-electron chi connectivity index (χ3n) is 2.27. The number of aliphatic hydroxyl groups excluding tert-OH is 1. The van der Waals surface area contributed by atoms with Crippen molar-refractivity contribution in [2.45, 2.75) is 26.1 Å². The maximum absolute atomic E-state index is 9.99. The lowest BCUT2D eigenvalue weighted by Crippen LogP contribution is -2.26. The summed E-state index contributed by atoms with van der Waals surface area (Å²) in [6.45, 7) is 4.04. The van der Waals surface area contributed by atoms with E-state index >= 15 is 0 Å². The van der Waals surface area contributed by atoms with Gasteiger partial charge in [-0.1, -0.05) is 19.9 Å². The molecule has 0 spiro atoms. The first-order valence-electron chi connectivity index (χ1n) is 4.77. The van der Waals surface area contributed by atoms with Gasteiger partial charge in [-0.3, -0.25) is 4.98 Å².